The fraction of sp³-hybridized carbons (Fsp3) is 0.282. The molecule has 0 spiro atoms. The Kier molecular flexibility index (Phi) is 10.2. The molecule has 0 bridgehead atoms. The molecule has 5 heterocycles. The maximum Gasteiger partial charge on any atom is 0.223 e. The first-order valence-electron chi connectivity index (χ1n) is 17.2. The molecule has 8 rings (SSSR count). The Bertz CT molecular complexity index is 2010. The van der Waals surface area contributed by atoms with Crippen LogP contribution in [0.3, 0.4) is 0 Å². The number of hydrogen-bond acceptors (Lipinski definition) is 9. The number of nitrogens with zero attached hydrogens (tertiary/aromatic N) is 6. The number of hydrogen-bond donors (Lipinski definition) is 0. The second kappa shape index (κ2) is 15.3. The summed E-state index contributed by atoms with van der Waals surface area (Å²) in [4.78, 5) is 15.1. The summed E-state index contributed by atoms with van der Waals surface area (Å²) >= 11 is 6.97. The molecular weight excluding hydrogens is 745 g/mol. The summed E-state index contributed by atoms with van der Waals surface area (Å²) in [5.41, 5.74) is 5.70. The first-order valence-corrected chi connectivity index (χ1v) is 19.8. The Balaban J connectivity index is 0.848. The average molecular weight is 784 g/mol. The number of rotatable bonds is 12. The van der Waals surface area contributed by atoms with Crippen LogP contribution in [0.15, 0.2) is 125 Å². The predicted molar refractivity (Wildman–Crippen MR) is 209 cm³/mol. The summed E-state index contributed by atoms with van der Waals surface area (Å²) in [5.74, 6) is 0.919. The van der Waals surface area contributed by atoms with E-state index >= 15 is 0 Å². The molecule has 2 fully saturated rings. The number of anilines is 2. The zero-order valence-electron chi connectivity index (χ0n) is 28.3. The number of thioether (sulfide) groups is 1. The summed E-state index contributed by atoms with van der Waals surface area (Å²) in [6, 6.07) is 31.8. The van der Waals surface area contributed by atoms with E-state index in [1.165, 1.54) is 11.4 Å². The third kappa shape index (κ3) is 7.61. The van der Waals surface area contributed by atoms with Crippen molar-refractivity contribution in [2.75, 3.05) is 54.9 Å². The average Bonchev–Trinajstić information content (AvgIpc) is 4.01. The van der Waals surface area contributed by atoms with Gasteiger partial charge in [-0.15, -0.1) is 11.3 Å². The minimum atomic E-state index is -0.872. The zero-order valence-corrected chi connectivity index (χ0v) is 31.5. The van der Waals surface area contributed by atoms with Crippen LogP contribution in [0.1, 0.15) is 11.8 Å². The van der Waals surface area contributed by atoms with E-state index in [0.29, 0.717) is 19.8 Å². The summed E-state index contributed by atoms with van der Waals surface area (Å²) in [7, 11) is 0. The van der Waals surface area contributed by atoms with Crippen LogP contribution < -0.4 is 14.5 Å². The molecule has 2 aliphatic heterocycles. The molecule has 2 atom stereocenters. The highest BCUT2D eigenvalue weighted by atomic mass is 79.9. The molecule has 3 aromatic heterocycles. The smallest absolute Gasteiger partial charge is 0.223 e. The van der Waals surface area contributed by atoms with Gasteiger partial charge < -0.3 is 28.6 Å². The normalized spacial score (nSPS) is 19.1. The van der Waals surface area contributed by atoms with Gasteiger partial charge in [0.15, 0.2) is 5.16 Å². The number of ether oxygens (including phenoxy) is 3. The lowest BCUT2D eigenvalue weighted by Gasteiger charge is -2.37. The van der Waals surface area contributed by atoms with Crippen molar-refractivity contribution < 1.29 is 14.2 Å². The molecule has 9 nitrogen and oxygen atoms in total. The number of benzene rings is 3. The molecule has 0 N–H and O–H groups in total. The number of piperazine rings is 1. The van der Waals surface area contributed by atoms with E-state index in [4.69, 9.17) is 19.2 Å². The van der Waals surface area contributed by atoms with Crippen LogP contribution in [-0.2, 0) is 21.8 Å². The Morgan fingerprint density at radius 3 is 2.25 bits per heavy atom. The molecule has 51 heavy (non-hydrogen) atoms. The summed E-state index contributed by atoms with van der Waals surface area (Å²) < 4.78 is 24.3. The quantitative estimate of drug-likeness (QED) is 0.115. The lowest BCUT2D eigenvalue weighted by atomic mass is 10.2. The van der Waals surface area contributed by atoms with Gasteiger partial charge in [-0.25, -0.2) is 9.97 Å². The van der Waals surface area contributed by atoms with Crippen LogP contribution in [0.25, 0.3) is 16.9 Å². The van der Waals surface area contributed by atoms with Gasteiger partial charge in [-0.05, 0) is 82.3 Å². The third-order valence-corrected chi connectivity index (χ3v) is 11.8. The Labute approximate surface area is 314 Å². The van der Waals surface area contributed by atoms with Crippen molar-refractivity contribution in [3.63, 3.8) is 0 Å². The lowest BCUT2D eigenvalue weighted by Crippen LogP contribution is -2.46. The van der Waals surface area contributed by atoms with Gasteiger partial charge in [0, 0.05) is 67.4 Å². The van der Waals surface area contributed by atoms with Gasteiger partial charge >= 0.3 is 0 Å². The van der Waals surface area contributed by atoms with Gasteiger partial charge in [-0.3, -0.25) is 4.57 Å². The molecule has 6 aromatic rings. The third-order valence-electron chi connectivity index (χ3n) is 9.18. The largest absolute Gasteiger partial charge is 0.491 e. The van der Waals surface area contributed by atoms with Crippen molar-refractivity contribution in [1.82, 2.24) is 19.1 Å². The van der Waals surface area contributed by atoms with Crippen molar-refractivity contribution >= 4 is 50.4 Å². The zero-order chi connectivity index (χ0) is 34.6. The minimum Gasteiger partial charge on any atom is -0.491 e. The van der Waals surface area contributed by atoms with Gasteiger partial charge in [-0.2, -0.15) is 0 Å². The standard InChI is InChI=1S/C39H39BrN6O3S2/c1-2-50-38-42-35(29-6-4-3-5-7-29)24-46(38)32-10-8-30(9-11-32)44-20-22-45(23-21-44)31-12-14-33(15-13-31)47-25-34-26-48-39(49-34,27-43-19-18-41-28-43)36-16-17-37(40)51-36/h3-19,24,28,34H,2,20-23,25-27H2,1H3/t34-,39+/m0/s1. The number of thiophene rings is 1. The van der Waals surface area contributed by atoms with Crippen LogP contribution in [0.4, 0.5) is 11.4 Å². The maximum atomic E-state index is 6.55. The summed E-state index contributed by atoms with van der Waals surface area (Å²) in [6.45, 7) is 7.36. The second-order valence-corrected chi connectivity index (χ2v) is 16.2. The van der Waals surface area contributed by atoms with Gasteiger partial charge in [0.2, 0.25) is 5.79 Å². The number of halogens is 1. The van der Waals surface area contributed by atoms with Crippen molar-refractivity contribution in [2.24, 2.45) is 0 Å². The van der Waals surface area contributed by atoms with Crippen molar-refractivity contribution in [3.05, 3.63) is 125 Å². The fourth-order valence-electron chi connectivity index (χ4n) is 6.59. The molecule has 0 radical (unpaired) electrons. The van der Waals surface area contributed by atoms with Crippen LogP contribution in [-0.4, -0.2) is 70.4 Å². The van der Waals surface area contributed by atoms with Gasteiger partial charge in [-0.1, -0.05) is 49.0 Å². The number of imidazole rings is 2. The first-order chi connectivity index (χ1) is 25.0. The molecule has 0 unspecified atom stereocenters. The van der Waals surface area contributed by atoms with Gasteiger partial charge in [0.1, 0.15) is 18.5 Å². The maximum absolute atomic E-state index is 6.55. The molecule has 2 aliphatic rings. The van der Waals surface area contributed by atoms with Gasteiger partial charge in [0.05, 0.1) is 33.8 Å². The highest BCUT2D eigenvalue weighted by Gasteiger charge is 2.45. The van der Waals surface area contributed by atoms with E-state index in [0.717, 1.165) is 68.4 Å². The molecule has 0 saturated carbocycles. The van der Waals surface area contributed by atoms with E-state index in [1.54, 1.807) is 35.6 Å². The molecular formula is C39H39BrN6O3S2. The second-order valence-electron chi connectivity index (χ2n) is 12.5. The Morgan fingerprint density at radius 1 is 0.902 bits per heavy atom. The van der Waals surface area contributed by atoms with Crippen molar-refractivity contribution in [2.45, 2.75) is 30.5 Å². The van der Waals surface area contributed by atoms with Gasteiger partial charge in [0.25, 0.3) is 0 Å². The summed E-state index contributed by atoms with van der Waals surface area (Å²) in [5, 5.41) is 1.02. The van der Waals surface area contributed by atoms with Crippen molar-refractivity contribution in [1.29, 1.82) is 0 Å². The highest BCUT2D eigenvalue weighted by molar-refractivity contribution is 9.11. The number of aromatic nitrogens is 4. The topological polar surface area (TPSA) is 69.8 Å². The molecule has 3 aromatic carbocycles. The van der Waals surface area contributed by atoms with Crippen molar-refractivity contribution in [3.8, 4) is 22.7 Å². The van der Waals surface area contributed by atoms with E-state index < -0.39 is 5.79 Å². The summed E-state index contributed by atoms with van der Waals surface area (Å²) in [6.07, 6.45) is 7.43. The van der Waals surface area contributed by atoms with Crippen LogP contribution in [0, 0.1) is 0 Å². The van der Waals surface area contributed by atoms with E-state index in [2.05, 4.69) is 127 Å². The molecule has 262 valence electrons. The lowest BCUT2D eigenvalue weighted by molar-refractivity contribution is -0.186. The predicted octanol–water partition coefficient (Wildman–Crippen LogP) is 8.35. The Hall–Kier alpha value is -4.07. The first kappa shape index (κ1) is 34.0. The molecule has 0 aliphatic carbocycles. The fourth-order valence-corrected chi connectivity index (χ4v) is 8.78. The Morgan fingerprint density at radius 2 is 1.61 bits per heavy atom. The van der Waals surface area contributed by atoms with E-state index in [1.807, 2.05) is 22.9 Å². The molecule has 12 heteroatoms. The van der Waals surface area contributed by atoms with Crippen LogP contribution in [0.2, 0.25) is 0 Å². The molecule has 0 amide bonds. The van der Waals surface area contributed by atoms with Crippen LogP contribution >= 0.6 is 39.0 Å². The SMILES string of the molecule is CCSc1nc(-c2ccccc2)cn1-c1ccc(N2CCN(c3ccc(OC[C@H]4CO[C@@](Cn5ccnc5)(c5ccc(Br)s5)O4)cc3)CC2)cc1. The van der Waals surface area contributed by atoms with E-state index in [9.17, 15) is 0 Å². The minimum absolute atomic E-state index is 0.194. The molecule has 2 saturated heterocycles. The highest BCUT2D eigenvalue weighted by Crippen LogP contribution is 2.41. The van der Waals surface area contributed by atoms with E-state index in [-0.39, 0.29) is 6.10 Å². The monoisotopic (exact) mass is 782 g/mol. The van der Waals surface area contributed by atoms with Crippen LogP contribution in [0.5, 0.6) is 5.75 Å².